The Morgan fingerprint density at radius 3 is 2.74 bits per heavy atom. The topological polar surface area (TPSA) is 59.8 Å². The molecule has 0 radical (unpaired) electrons. The number of rotatable bonds is 3. The van der Waals surface area contributed by atoms with Gasteiger partial charge in [-0.1, -0.05) is 28.9 Å². The minimum atomic E-state index is -0.410. The number of carbonyl (C=O) groups is 1. The van der Waals surface area contributed by atoms with Gasteiger partial charge in [-0.3, -0.25) is 4.79 Å². The Labute approximate surface area is 136 Å². The van der Waals surface area contributed by atoms with E-state index in [1.165, 1.54) is 16.8 Å². The van der Waals surface area contributed by atoms with Gasteiger partial charge in [0, 0.05) is 10.7 Å². The molecule has 1 aromatic heterocycles. The Hall–Kier alpha value is -2.73. The van der Waals surface area contributed by atoms with Crippen molar-refractivity contribution in [1.29, 1.82) is 0 Å². The van der Waals surface area contributed by atoms with Crippen molar-refractivity contribution < 1.29 is 9.18 Å². The van der Waals surface area contributed by atoms with E-state index in [1.54, 1.807) is 43.3 Å². The highest BCUT2D eigenvalue weighted by Crippen LogP contribution is 2.17. The molecule has 0 aliphatic rings. The predicted molar refractivity (Wildman–Crippen MR) is 85.5 cm³/mol. The SMILES string of the molecule is Cc1c(C(=O)Nc2cccc(Cl)c2)nnn1-c1cccc(F)c1. The summed E-state index contributed by atoms with van der Waals surface area (Å²) in [6.07, 6.45) is 0. The zero-order valence-corrected chi connectivity index (χ0v) is 12.9. The van der Waals surface area contributed by atoms with E-state index in [9.17, 15) is 9.18 Å². The summed E-state index contributed by atoms with van der Waals surface area (Å²) in [4.78, 5) is 12.3. The lowest BCUT2D eigenvalue weighted by Gasteiger charge is -2.05. The molecule has 0 bridgehead atoms. The van der Waals surface area contributed by atoms with E-state index in [4.69, 9.17) is 11.6 Å². The molecule has 3 aromatic rings. The molecule has 0 saturated carbocycles. The van der Waals surface area contributed by atoms with E-state index in [1.807, 2.05) is 0 Å². The first-order valence-electron chi connectivity index (χ1n) is 6.80. The van der Waals surface area contributed by atoms with Gasteiger partial charge in [-0.15, -0.1) is 5.10 Å². The van der Waals surface area contributed by atoms with Gasteiger partial charge in [0.25, 0.3) is 5.91 Å². The summed E-state index contributed by atoms with van der Waals surface area (Å²) >= 11 is 5.89. The van der Waals surface area contributed by atoms with Gasteiger partial charge < -0.3 is 5.32 Å². The average Bonchev–Trinajstić information content (AvgIpc) is 2.89. The fraction of sp³-hybridized carbons (Fsp3) is 0.0625. The maximum absolute atomic E-state index is 13.3. The number of benzene rings is 2. The number of nitrogens with one attached hydrogen (secondary N) is 1. The molecular formula is C16H12ClFN4O. The molecule has 1 N–H and O–H groups in total. The third kappa shape index (κ3) is 3.22. The van der Waals surface area contributed by atoms with Crippen LogP contribution in [0.1, 0.15) is 16.2 Å². The Morgan fingerprint density at radius 1 is 1.22 bits per heavy atom. The zero-order valence-electron chi connectivity index (χ0n) is 12.1. The third-order valence-electron chi connectivity index (χ3n) is 3.24. The van der Waals surface area contributed by atoms with E-state index >= 15 is 0 Å². The Balaban J connectivity index is 1.88. The number of hydrogen-bond acceptors (Lipinski definition) is 3. The molecule has 5 nitrogen and oxygen atoms in total. The molecule has 23 heavy (non-hydrogen) atoms. The molecule has 3 rings (SSSR count). The highest BCUT2D eigenvalue weighted by Gasteiger charge is 2.17. The van der Waals surface area contributed by atoms with Crippen LogP contribution in [0.2, 0.25) is 5.02 Å². The van der Waals surface area contributed by atoms with Crippen LogP contribution < -0.4 is 5.32 Å². The normalized spacial score (nSPS) is 10.6. The van der Waals surface area contributed by atoms with Crippen molar-refractivity contribution in [3.05, 3.63) is 70.8 Å². The lowest BCUT2D eigenvalue weighted by molar-refractivity contribution is 0.102. The second-order valence-corrected chi connectivity index (χ2v) is 5.32. The molecule has 0 spiro atoms. The van der Waals surface area contributed by atoms with Gasteiger partial charge >= 0.3 is 0 Å². The standard InChI is InChI=1S/C16H12ClFN4O/c1-10-15(16(23)19-13-6-2-4-11(17)8-13)20-21-22(10)14-7-3-5-12(18)9-14/h2-9H,1H3,(H,19,23). The quantitative estimate of drug-likeness (QED) is 0.798. The third-order valence-corrected chi connectivity index (χ3v) is 3.48. The molecule has 0 atom stereocenters. The summed E-state index contributed by atoms with van der Waals surface area (Å²) in [6.45, 7) is 1.69. The fourth-order valence-electron chi connectivity index (χ4n) is 2.15. The molecule has 7 heteroatoms. The smallest absolute Gasteiger partial charge is 0.278 e. The number of anilines is 1. The lowest BCUT2D eigenvalue weighted by Crippen LogP contribution is -2.14. The van der Waals surface area contributed by atoms with Gasteiger partial charge in [0.15, 0.2) is 5.69 Å². The van der Waals surface area contributed by atoms with Crippen LogP contribution in [0.15, 0.2) is 48.5 Å². The molecule has 1 amide bonds. The van der Waals surface area contributed by atoms with Crippen molar-refractivity contribution in [2.75, 3.05) is 5.32 Å². The van der Waals surface area contributed by atoms with E-state index < -0.39 is 5.91 Å². The van der Waals surface area contributed by atoms with Crippen LogP contribution in [-0.2, 0) is 0 Å². The first-order valence-corrected chi connectivity index (χ1v) is 7.17. The van der Waals surface area contributed by atoms with Crippen LogP contribution in [0.25, 0.3) is 5.69 Å². The minimum absolute atomic E-state index is 0.161. The van der Waals surface area contributed by atoms with Crippen LogP contribution in [0, 0.1) is 12.7 Å². The van der Waals surface area contributed by atoms with E-state index in [-0.39, 0.29) is 11.5 Å². The van der Waals surface area contributed by atoms with Crippen LogP contribution in [0.5, 0.6) is 0 Å². The molecule has 0 saturated heterocycles. The largest absolute Gasteiger partial charge is 0.320 e. The number of carbonyl (C=O) groups excluding carboxylic acids is 1. The highest BCUT2D eigenvalue weighted by atomic mass is 35.5. The Morgan fingerprint density at radius 2 is 2.00 bits per heavy atom. The Kier molecular flexibility index (Phi) is 4.08. The molecule has 116 valence electrons. The lowest BCUT2D eigenvalue weighted by atomic mass is 10.2. The van der Waals surface area contributed by atoms with Crippen LogP contribution in [0.3, 0.4) is 0 Å². The first kappa shape index (κ1) is 15.2. The molecular weight excluding hydrogens is 319 g/mol. The molecule has 1 heterocycles. The van der Waals surface area contributed by atoms with Gasteiger partial charge in [0.05, 0.1) is 11.4 Å². The van der Waals surface area contributed by atoms with Crippen molar-refractivity contribution in [2.45, 2.75) is 6.92 Å². The summed E-state index contributed by atoms with van der Waals surface area (Å²) < 4.78 is 14.7. The van der Waals surface area contributed by atoms with Gasteiger partial charge in [-0.05, 0) is 43.3 Å². The summed E-state index contributed by atoms with van der Waals surface area (Å²) in [5.41, 5.74) is 1.73. The second kappa shape index (κ2) is 6.18. The number of aromatic nitrogens is 3. The monoisotopic (exact) mass is 330 g/mol. The number of nitrogens with zero attached hydrogens (tertiary/aromatic N) is 3. The van der Waals surface area contributed by atoms with Crippen LogP contribution >= 0.6 is 11.6 Å². The zero-order chi connectivity index (χ0) is 16.4. The number of halogens is 2. The molecule has 0 aliphatic heterocycles. The average molecular weight is 331 g/mol. The van der Waals surface area contributed by atoms with Gasteiger partial charge in [-0.2, -0.15) is 0 Å². The van der Waals surface area contributed by atoms with Crippen molar-refractivity contribution in [1.82, 2.24) is 15.0 Å². The first-order chi connectivity index (χ1) is 11.0. The van der Waals surface area contributed by atoms with Gasteiger partial charge in [-0.25, -0.2) is 9.07 Å². The summed E-state index contributed by atoms with van der Waals surface area (Å²) in [5, 5.41) is 11.0. The highest BCUT2D eigenvalue weighted by molar-refractivity contribution is 6.30. The van der Waals surface area contributed by atoms with Crippen molar-refractivity contribution in [3.63, 3.8) is 0 Å². The van der Waals surface area contributed by atoms with Crippen molar-refractivity contribution in [3.8, 4) is 5.69 Å². The number of hydrogen-bond donors (Lipinski definition) is 1. The Bertz CT molecular complexity index is 878. The summed E-state index contributed by atoms with van der Waals surface area (Å²) in [6, 6.07) is 12.7. The maximum atomic E-state index is 13.3. The molecule has 0 fully saturated rings. The van der Waals surface area contributed by atoms with Gasteiger partial charge in [0.2, 0.25) is 0 Å². The summed E-state index contributed by atoms with van der Waals surface area (Å²) in [5.74, 6) is -0.797. The second-order valence-electron chi connectivity index (χ2n) is 4.88. The van der Waals surface area contributed by atoms with Gasteiger partial charge in [0.1, 0.15) is 5.82 Å². The summed E-state index contributed by atoms with van der Waals surface area (Å²) in [7, 11) is 0. The molecule has 0 unspecified atom stereocenters. The predicted octanol–water partition coefficient (Wildman–Crippen LogP) is 3.62. The van der Waals surface area contributed by atoms with E-state index in [0.29, 0.717) is 22.1 Å². The van der Waals surface area contributed by atoms with Crippen molar-refractivity contribution in [2.24, 2.45) is 0 Å². The fourth-order valence-corrected chi connectivity index (χ4v) is 2.34. The number of amides is 1. The maximum Gasteiger partial charge on any atom is 0.278 e. The van der Waals surface area contributed by atoms with E-state index in [2.05, 4.69) is 15.6 Å². The molecule has 0 aliphatic carbocycles. The van der Waals surface area contributed by atoms with Crippen molar-refractivity contribution >= 4 is 23.2 Å². The van der Waals surface area contributed by atoms with Crippen LogP contribution in [0.4, 0.5) is 10.1 Å². The molecule has 2 aromatic carbocycles. The van der Waals surface area contributed by atoms with Crippen LogP contribution in [-0.4, -0.2) is 20.9 Å². The van der Waals surface area contributed by atoms with E-state index in [0.717, 1.165) is 0 Å². The minimum Gasteiger partial charge on any atom is -0.320 e.